The van der Waals surface area contributed by atoms with E-state index in [1.165, 1.54) is 96.4 Å². The molecule has 0 radical (unpaired) electrons. The molecule has 1 N–H and O–H groups in total. The number of aliphatic hydroxyl groups is 1. The summed E-state index contributed by atoms with van der Waals surface area (Å²) in [5.41, 5.74) is 0. The van der Waals surface area contributed by atoms with Crippen molar-refractivity contribution in [3.8, 4) is 0 Å². The third kappa shape index (κ3) is 13.2. The summed E-state index contributed by atoms with van der Waals surface area (Å²) in [5.74, 6) is 0. The maximum Gasteiger partial charge on any atom is 0.185 e. The van der Waals surface area contributed by atoms with Crippen molar-refractivity contribution < 1.29 is 9.59 Å². The van der Waals surface area contributed by atoms with Crippen molar-refractivity contribution in [3.05, 3.63) is 12.2 Å². The smallest absolute Gasteiger partial charge is 0.185 e. The number of rotatable bonds is 19. The van der Waals surface area contributed by atoms with Gasteiger partial charge in [0.2, 0.25) is 0 Å². The van der Waals surface area contributed by atoms with E-state index < -0.39 is 0 Å². The Morgan fingerprint density at radius 1 is 0.778 bits per heavy atom. The van der Waals surface area contributed by atoms with Crippen molar-refractivity contribution in [1.29, 1.82) is 0 Å². The number of aliphatic imine (C=N–C) groups is 1. The monoisotopic (exact) mass is 379 g/mol. The zero-order chi connectivity index (χ0) is 19.5. The van der Waals surface area contributed by atoms with Gasteiger partial charge in [0.15, 0.2) is 6.34 Å². The molecule has 1 rings (SSSR count). The number of quaternary nitrogens is 1. The van der Waals surface area contributed by atoms with Crippen molar-refractivity contribution in [2.24, 2.45) is 4.99 Å². The molecule has 158 valence electrons. The molecule has 1 atom stereocenters. The molecule has 0 saturated heterocycles. The molecule has 0 aromatic rings. The molecule has 0 fully saturated rings. The van der Waals surface area contributed by atoms with Crippen LogP contribution in [0.15, 0.2) is 17.1 Å². The quantitative estimate of drug-likeness (QED) is 0.160. The Balaban J connectivity index is 1.86. The molecular weight excluding hydrogens is 332 g/mol. The normalized spacial score (nSPS) is 19.5. The van der Waals surface area contributed by atoms with E-state index in [0.717, 1.165) is 30.5 Å². The van der Waals surface area contributed by atoms with Gasteiger partial charge in [0.05, 0.1) is 19.6 Å². The topological polar surface area (TPSA) is 32.6 Å². The Bertz CT molecular complexity index is 381. The Morgan fingerprint density at radius 2 is 1.33 bits per heavy atom. The number of aliphatic hydroxyl groups excluding tert-OH is 1. The lowest BCUT2D eigenvalue weighted by molar-refractivity contribution is -0.829. The molecule has 3 heteroatoms. The average Bonchev–Trinajstić information content (AvgIpc) is 3.15. The van der Waals surface area contributed by atoms with E-state index >= 15 is 0 Å². The molecule has 1 aliphatic heterocycles. The molecule has 1 heterocycles. The summed E-state index contributed by atoms with van der Waals surface area (Å²) in [7, 11) is 0. The van der Waals surface area contributed by atoms with Gasteiger partial charge in [-0.25, -0.2) is 4.99 Å². The number of nitrogens with zero attached hydrogens (tertiary/aromatic N) is 2. The van der Waals surface area contributed by atoms with E-state index in [-0.39, 0.29) is 0 Å². The molecule has 1 unspecified atom stereocenters. The van der Waals surface area contributed by atoms with Gasteiger partial charge >= 0.3 is 0 Å². The lowest BCUT2D eigenvalue weighted by Gasteiger charge is -2.30. The average molecular weight is 380 g/mol. The van der Waals surface area contributed by atoms with Gasteiger partial charge in [-0.1, -0.05) is 70.4 Å². The lowest BCUT2D eigenvalue weighted by Crippen LogP contribution is -2.47. The van der Waals surface area contributed by atoms with Crippen molar-refractivity contribution in [3.63, 3.8) is 0 Å². The zero-order valence-electron chi connectivity index (χ0n) is 18.2. The third-order valence-electron chi connectivity index (χ3n) is 5.88. The molecule has 3 nitrogen and oxygen atoms in total. The first-order valence-electron chi connectivity index (χ1n) is 12.0. The lowest BCUT2D eigenvalue weighted by atomic mass is 10.1. The first-order valence-corrected chi connectivity index (χ1v) is 12.0. The van der Waals surface area contributed by atoms with Crippen LogP contribution in [0.2, 0.25) is 0 Å². The van der Waals surface area contributed by atoms with Gasteiger partial charge in [0.25, 0.3) is 0 Å². The first-order chi connectivity index (χ1) is 13.3. The fourth-order valence-electron chi connectivity index (χ4n) is 4.06. The van der Waals surface area contributed by atoms with Crippen LogP contribution in [-0.2, 0) is 0 Å². The van der Waals surface area contributed by atoms with Gasteiger partial charge < -0.3 is 5.11 Å². The number of hydrogen-bond donors (Lipinski definition) is 1. The third-order valence-corrected chi connectivity index (χ3v) is 5.88. The molecule has 0 bridgehead atoms. The molecule has 0 saturated carbocycles. The van der Waals surface area contributed by atoms with E-state index in [1.807, 2.05) is 0 Å². The SMILES string of the molecule is CCCCCCCC/C=C\CCCCCCCC[N+]1(CCCO)C=NCC1. The Kier molecular flexibility index (Phi) is 15.7. The summed E-state index contributed by atoms with van der Waals surface area (Å²) in [6.45, 7) is 6.98. The fraction of sp³-hybridized carbons (Fsp3) is 0.875. The minimum absolute atomic E-state index is 0.307. The summed E-state index contributed by atoms with van der Waals surface area (Å²) in [6.07, 6.45) is 27.0. The van der Waals surface area contributed by atoms with E-state index in [9.17, 15) is 0 Å². The number of allylic oxidation sites excluding steroid dienone is 2. The first kappa shape index (κ1) is 24.4. The summed E-state index contributed by atoms with van der Waals surface area (Å²) >= 11 is 0. The number of unbranched alkanes of at least 4 members (excludes halogenated alkanes) is 12. The van der Waals surface area contributed by atoms with Gasteiger partial charge in [-0.05, 0) is 38.5 Å². The van der Waals surface area contributed by atoms with Crippen LogP contribution in [-0.4, -0.2) is 48.7 Å². The van der Waals surface area contributed by atoms with Gasteiger partial charge in [0.1, 0.15) is 6.54 Å². The summed E-state index contributed by atoms with van der Waals surface area (Å²) in [4.78, 5) is 4.44. The van der Waals surface area contributed by atoms with Gasteiger partial charge in [0, 0.05) is 13.0 Å². The van der Waals surface area contributed by atoms with Crippen LogP contribution in [0.25, 0.3) is 0 Å². The van der Waals surface area contributed by atoms with Crippen LogP contribution in [0.3, 0.4) is 0 Å². The maximum absolute atomic E-state index is 9.09. The van der Waals surface area contributed by atoms with Crippen LogP contribution >= 0.6 is 0 Å². The second kappa shape index (κ2) is 17.4. The van der Waals surface area contributed by atoms with E-state index in [0.29, 0.717) is 6.61 Å². The second-order valence-electron chi connectivity index (χ2n) is 8.43. The largest absolute Gasteiger partial charge is 0.396 e. The summed E-state index contributed by atoms with van der Waals surface area (Å²) in [6, 6.07) is 0. The maximum atomic E-state index is 9.09. The van der Waals surface area contributed by atoms with Crippen LogP contribution in [0.5, 0.6) is 0 Å². The highest BCUT2D eigenvalue weighted by molar-refractivity contribution is 5.48. The highest BCUT2D eigenvalue weighted by Gasteiger charge is 2.27. The second-order valence-corrected chi connectivity index (χ2v) is 8.43. The zero-order valence-corrected chi connectivity index (χ0v) is 18.2. The van der Waals surface area contributed by atoms with Crippen LogP contribution < -0.4 is 0 Å². The Morgan fingerprint density at radius 3 is 1.89 bits per heavy atom. The van der Waals surface area contributed by atoms with Gasteiger partial charge in [-0.2, -0.15) is 0 Å². The van der Waals surface area contributed by atoms with Gasteiger partial charge in [-0.15, -0.1) is 0 Å². The van der Waals surface area contributed by atoms with Crippen LogP contribution in [0.4, 0.5) is 0 Å². The molecule has 0 amide bonds. The molecule has 0 aromatic heterocycles. The summed E-state index contributed by atoms with van der Waals surface area (Å²) < 4.78 is 1.02. The van der Waals surface area contributed by atoms with Crippen molar-refractivity contribution in [1.82, 2.24) is 0 Å². The molecular formula is C24H47N2O+. The van der Waals surface area contributed by atoms with E-state index in [4.69, 9.17) is 5.11 Å². The molecule has 27 heavy (non-hydrogen) atoms. The van der Waals surface area contributed by atoms with Crippen molar-refractivity contribution in [2.45, 2.75) is 103 Å². The van der Waals surface area contributed by atoms with Crippen LogP contribution in [0.1, 0.15) is 103 Å². The fourth-order valence-corrected chi connectivity index (χ4v) is 4.06. The summed E-state index contributed by atoms with van der Waals surface area (Å²) in [5, 5.41) is 9.09. The highest BCUT2D eigenvalue weighted by Crippen LogP contribution is 2.15. The Labute approximate surface area is 169 Å². The van der Waals surface area contributed by atoms with Crippen molar-refractivity contribution >= 4 is 6.34 Å². The Hall–Kier alpha value is -0.670. The standard InChI is InChI=1S/C24H47N2O/c1-2-3-4-5-6-7-8-9-10-11-12-13-14-15-16-17-20-26(21-18-23-27)22-19-25-24-26/h9-10,24,27H,2-8,11-23H2,1H3/q+1/b10-9-. The van der Waals surface area contributed by atoms with Crippen molar-refractivity contribution in [2.75, 3.05) is 32.8 Å². The molecule has 0 aromatic carbocycles. The van der Waals surface area contributed by atoms with E-state index in [1.54, 1.807) is 0 Å². The minimum Gasteiger partial charge on any atom is -0.396 e. The predicted molar refractivity (Wildman–Crippen MR) is 119 cm³/mol. The van der Waals surface area contributed by atoms with Gasteiger partial charge in [-0.3, -0.25) is 4.48 Å². The minimum atomic E-state index is 0.307. The number of hydrogen-bond acceptors (Lipinski definition) is 2. The highest BCUT2D eigenvalue weighted by atomic mass is 16.3. The predicted octanol–water partition coefficient (Wildman–Crippen LogP) is 6.27. The molecule has 0 spiro atoms. The molecule has 0 aliphatic carbocycles. The van der Waals surface area contributed by atoms with Crippen LogP contribution in [0, 0.1) is 0 Å². The molecule has 1 aliphatic rings. The van der Waals surface area contributed by atoms with E-state index in [2.05, 4.69) is 30.4 Å².